The maximum absolute atomic E-state index is 6.05. The zero-order valence-corrected chi connectivity index (χ0v) is 40.4. The molecule has 362 valence electrons. The first kappa shape index (κ1) is 57.1. The van der Waals surface area contributed by atoms with Gasteiger partial charge in [-0.2, -0.15) is 0 Å². The SMILES string of the molecule is CCC/C=C/CNCc1ccc(CNCCCN)cc1.NCCCCCCNCc1ccc(CNCCCN)cc1.NCCCNCc1ccc(CNCC2(CN)CCCCC2)cc1. The van der Waals surface area contributed by atoms with Crippen molar-refractivity contribution in [3.8, 4) is 0 Å². The van der Waals surface area contributed by atoms with E-state index in [9.17, 15) is 0 Å². The van der Waals surface area contributed by atoms with Gasteiger partial charge in [-0.3, -0.25) is 0 Å². The molecule has 1 saturated carbocycles. The highest BCUT2D eigenvalue weighted by Crippen LogP contribution is 2.34. The molecule has 0 bridgehead atoms. The molecule has 11 nitrogen and oxygen atoms in total. The molecular formula is C53H95N11. The Bertz CT molecular complexity index is 1480. The third-order valence-corrected chi connectivity index (χ3v) is 11.8. The van der Waals surface area contributed by atoms with E-state index in [-0.39, 0.29) is 0 Å². The van der Waals surface area contributed by atoms with Crippen molar-refractivity contribution in [3.05, 3.63) is 118 Å². The fraction of sp³-hybridized carbons (Fsp3) is 0.623. The molecule has 0 aromatic heterocycles. The first-order chi connectivity index (χ1) is 31.5. The lowest BCUT2D eigenvalue weighted by atomic mass is 9.74. The van der Waals surface area contributed by atoms with E-state index in [1.165, 1.54) is 97.6 Å². The molecule has 3 aromatic rings. The van der Waals surface area contributed by atoms with Crippen LogP contribution in [0.1, 0.15) is 130 Å². The van der Waals surface area contributed by atoms with Crippen LogP contribution >= 0.6 is 0 Å². The van der Waals surface area contributed by atoms with E-state index in [4.69, 9.17) is 28.7 Å². The van der Waals surface area contributed by atoms with Crippen LogP contribution in [-0.2, 0) is 39.3 Å². The molecule has 0 saturated heterocycles. The molecular weight excluding hydrogens is 791 g/mol. The summed E-state index contributed by atoms with van der Waals surface area (Å²) in [6.45, 7) is 17.7. The van der Waals surface area contributed by atoms with Gasteiger partial charge in [0, 0.05) is 52.4 Å². The summed E-state index contributed by atoms with van der Waals surface area (Å²) in [5.74, 6) is 0. The Hall–Kier alpha value is -3.04. The number of nitrogens with one attached hydrogen (secondary N) is 6. The number of unbranched alkanes of at least 4 members (excludes halogenated alkanes) is 4. The second-order valence-electron chi connectivity index (χ2n) is 17.5. The average Bonchev–Trinajstić information content (AvgIpc) is 3.33. The summed E-state index contributed by atoms with van der Waals surface area (Å²) in [5, 5.41) is 20.7. The second-order valence-corrected chi connectivity index (χ2v) is 17.5. The molecule has 11 heteroatoms. The predicted octanol–water partition coefficient (Wildman–Crippen LogP) is 6.43. The smallest absolute Gasteiger partial charge is 0.0208 e. The topological polar surface area (TPSA) is 202 Å². The summed E-state index contributed by atoms with van der Waals surface area (Å²) in [4.78, 5) is 0. The Morgan fingerprint density at radius 1 is 0.422 bits per heavy atom. The van der Waals surface area contributed by atoms with Gasteiger partial charge in [0.2, 0.25) is 0 Å². The van der Waals surface area contributed by atoms with Crippen molar-refractivity contribution in [1.29, 1.82) is 0 Å². The largest absolute Gasteiger partial charge is 0.330 e. The van der Waals surface area contributed by atoms with Gasteiger partial charge in [-0.25, -0.2) is 0 Å². The van der Waals surface area contributed by atoms with Gasteiger partial charge in [-0.1, -0.05) is 130 Å². The number of nitrogens with two attached hydrogens (primary N) is 5. The lowest BCUT2D eigenvalue weighted by molar-refractivity contribution is 0.191. The molecule has 0 amide bonds. The van der Waals surface area contributed by atoms with E-state index in [1.807, 2.05) is 0 Å². The van der Waals surface area contributed by atoms with Crippen LogP contribution in [-0.4, -0.2) is 72.0 Å². The van der Waals surface area contributed by atoms with E-state index < -0.39 is 0 Å². The third-order valence-electron chi connectivity index (χ3n) is 11.8. The molecule has 1 fully saturated rings. The van der Waals surface area contributed by atoms with Crippen molar-refractivity contribution in [1.82, 2.24) is 31.9 Å². The maximum Gasteiger partial charge on any atom is 0.0208 e. The van der Waals surface area contributed by atoms with Crippen LogP contribution in [0, 0.1) is 5.41 Å². The Balaban J connectivity index is 0.000000331. The summed E-state index contributed by atoms with van der Waals surface area (Å²) in [7, 11) is 0. The van der Waals surface area contributed by atoms with Gasteiger partial charge in [0.05, 0.1) is 0 Å². The minimum Gasteiger partial charge on any atom is -0.330 e. The molecule has 4 rings (SSSR count). The van der Waals surface area contributed by atoms with Crippen LogP contribution in [0.25, 0.3) is 0 Å². The number of rotatable bonds is 34. The normalized spacial score (nSPS) is 13.3. The Morgan fingerprint density at radius 2 is 0.781 bits per heavy atom. The van der Waals surface area contributed by atoms with Crippen molar-refractivity contribution in [2.45, 2.75) is 136 Å². The molecule has 64 heavy (non-hydrogen) atoms. The van der Waals surface area contributed by atoms with Gasteiger partial charge in [0.15, 0.2) is 0 Å². The molecule has 0 aliphatic heterocycles. The molecule has 0 heterocycles. The quantitative estimate of drug-likeness (QED) is 0.0233. The Kier molecular flexibility index (Phi) is 35.9. The van der Waals surface area contributed by atoms with Crippen LogP contribution in [0.5, 0.6) is 0 Å². The van der Waals surface area contributed by atoms with Gasteiger partial charge in [0.25, 0.3) is 0 Å². The minimum atomic E-state index is 0.338. The van der Waals surface area contributed by atoms with Gasteiger partial charge in [-0.05, 0) is 149 Å². The zero-order valence-electron chi connectivity index (χ0n) is 40.4. The molecule has 0 spiro atoms. The van der Waals surface area contributed by atoms with Gasteiger partial charge >= 0.3 is 0 Å². The van der Waals surface area contributed by atoms with Crippen LogP contribution in [0.15, 0.2) is 84.9 Å². The molecule has 0 radical (unpaired) electrons. The van der Waals surface area contributed by atoms with Gasteiger partial charge in [0.1, 0.15) is 0 Å². The Labute approximate surface area is 391 Å². The van der Waals surface area contributed by atoms with Crippen molar-refractivity contribution >= 4 is 0 Å². The lowest BCUT2D eigenvalue weighted by Gasteiger charge is -2.36. The van der Waals surface area contributed by atoms with Crippen LogP contribution < -0.4 is 60.6 Å². The number of hydrogen-bond acceptors (Lipinski definition) is 11. The number of allylic oxidation sites excluding steroid dienone is 1. The molecule has 0 unspecified atom stereocenters. The third kappa shape index (κ3) is 29.5. The first-order valence-corrected chi connectivity index (χ1v) is 25.1. The van der Waals surface area contributed by atoms with E-state index in [2.05, 4.69) is 124 Å². The van der Waals surface area contributed by atoms with E-state index in [0.29, 0.717) is 5.41 Å². The fourth-order valence-electron chi connectivity index (χ4n) is 7.58. The van der Waals surface area contributed by atoms with Crippen molar-refractivity contribution in [3.63, 3.8) is 0 Å². The monoisotopic (exact) mass is 886 g/mol. The molecule has 1 aliphatic carbocycles. The van der Waals surface area contributed by atoms with E-state index >= 15 is 0 Å². The molecule has 1 aliphatic rings. The van der Waals surface area contributed by atoms with Crippen molar-refractivity contribution in [2.75, 3.05) is 72.0 Å². The number of benzene rings is 3. The zero-order chi connectivity index (χ0) is 46.0. The highest BCUT2D eigenvalue weighted by Gasteiger charge is 2.29. The maximum atomic E-state index is 6.05. The summed E-state index contributed by atoms with van der Waals surface area (Å²) in [6, 6.07) is 26.5. The summed E-state index contributed by atoms with van der Waals surface area (Å²) >= 11 is 0. The minimum absolute atomic E-state index is 0.338. The molecule has 16 N–H and O–H groups in total. The van der Waals surface area contributed by atoms with Crippen molar-refractivity contribution < 1.29 is 0 Å². The van der Waals surface area contributed by atoms with Gasteiger partial charge < -0.3 is 60.6 Å². The summed E-state index contributed by atoms with van der Waals surface area (Å²) < 4.78 is 0. The molecule has 3 aromatic carbocycles. The summed E-state index contributed by atoms with van der Waals surface area (Å²) in [5.41, 5.74) is 36.3. The second kappa shape index (κ2) is 40.3. The van der Waals surface area contributed by atoms with Gasteiger partial charge in [-0.15, -0.1) is 0 Å². The van der Waals surface area contributed by atoms with E-state index in [1.54, 1.807) is 0 Å². The highest BCUT2D eigenvalue weighted by molar-refractivity contribution is 5.24. The predicted molar refractivity (Wildman–Crippen MR) is 277 cm³/mol. The first-order valence-electron chi connectivity index (χ1n) is 25.1. The van der Waals surface area contributed by atoms with Crippen LogP contribution in [0.2, 0.25) is 0 Å². The average molecular weight is 886 g/mol. The van der Waals surface area contributed by atoms with Crippen molar-refractivity contribution in [2.24, 2.45) is 34.1 Å². The van der Waals surface area contributed by atoms with Crippen LogP contribution in [0.4, 0.5) is 0 Å². The van der Waals surface area contributed by atoms with E-state index in [0.717, 1.165) is 137 Å². The fourth-order valence-corrected chi connectivity index (χ4v) is 7.58. The standard InChI is InChI=1S/C19H34N4.C17H32N4.C17H29N3/c20-11-4-12-22-13-17-5-7-18(8-6-17)14-23-16-19(15-21)9-2-1-3-10-19;18-10-3-1-2-4-12-20-14-16-6-8-17(9-7-16)15-21-13-5-11-19;1-2-3-4-5-12-19-14-16-7-9-17(10-8-16)15-20-13-6-11-18/h5-8,22-23H,1-4,9-16,20-21H2;6-9,20-21H,1-5,10-15,18-19H2;4-5,7-10,19-20H,2-3,6,11-15,18H2,1H3/b;;5-4+. The van der Waals surface area contributed by atoms with Crippen LogP contribution in [0.3, 0.4) is 0 Å². The number of hydrogen-bond donors (Lipinski definition) is 11. The molecule has 0 atom stereocenters. The highest BCUT2D eigenvalue weighted by atomic mass is 14.9. The Morgan fingerprint density at radius 3 is 1.16 bits per heavy atom. The summed E-state index contributed by atoms with van der Waals surface area (Å²) in [6.07, 6.45) is 21.5. The lowest BCUT2D eigenvalue weighted by Crippen LogP contribution is -2.41.